The number of halogens is 2. The van der Waals surface area contributed by atoms with Gasteiger partial charge in [-0.3, -0.25) is 14.9 Å². The number of anilines is 1. The average molecular weight is 600 g/mol. The van der Waals surface area contributed by atoms with Crippen molar-refractivity contribution in [3.8, 4) is 11.5 Å². The highest BCUT2D eigenvalue weighted by Gasteiger charge is 2.36. The number of methoxy groups -OCH3 is 1. The maximum Gasteiger partial charge on any atom is 0.335 e. The number of nitrogens with one attached hydrogen (secondary N) is 1. The Hall–Kier alpha value is -3.43. The summed E-state index contributed by atoms with van der Waals surface area (Å²) in [6.07, 6.45) is 1.42. The quantitative estimate of drug-likeness (QED) is 0.287. The molecule has 0 aromatic heterocycles. The predicted molar refractivity (Wildman–Crippen MR) is 139 cm³/mol. The Bertz CT molecular complexity index is 1350. The summed E-state index contributed by atoms with van der Waals surface area (Å²) in [5.41, 5.74) is 2.56. The number of benzene rings is 3. The summed E-state index contributed by atoms with van der Waals surface area (Å²) >= 11 is 6.90. The lowest BCUT2D eigenvalue weighted by Gasteiger charge is -2.26. The van der Waals surface area contributed by atoms with Crippen LogP contribution in [0, 0.1) is 6.92 Å². The first kappa shape index (κ1) is 24.7. The van der Waals surface area contributed by atoms with Gasteiger partial charge in [0.15, 0.2) is 11.5 Å². The van der Waals surface area contributed by atoms with Crippen molar-refractivity contribution in [2.75, 3.05) is 12.0 Å². The van der Waals surface area contributed by atoms with E-state index in [-0.39, 0.29) is 5.57 Å². The van der Waals surface area contributed by atoms with Gasteiger partial charge < -0.3 is 9.47 Å². The molecule has 3 aromatic rings. The van der Waals surface area contributed by atoms with Gasteiger partial charge in [0.25, 0.3) is 11.8 Å². The van der Waals surface area contributed by atoms with E-state index in [1.54, 1.807) is 30.3 Å². The van der Waals surface area contributed by atoms with Gasteiger partial charge in [0, 0.05) is 4.47 Å². The van der Waals surface area contributed by atoms with Crippen LogP contribution in [0.1, 0.15) is 16.7 Å². The molecule has 1 fully saturated rings. The van der Waals surface area contributed by atoms with E-state index < -0.39 is 17.8 Å². The molecule has 0 unspecified atom stereocenters. The molecule has 0 saturated carbocycles. The third-order valence-corrected chi connectivity index (χ3v) is 6.34. The van der Waals surface area contributed by atoms with Gasteiger partial charge in [-0.15, -0.1) is 0 Å². The van der Waals surface area contributed by atoms with Gasteiger partial charge in [0.1, 0.15) is 12.2 Å². The maximum absolute atomic E-state index is 13.2. The lowest BCUT2D eigenvalue weighted by molar-refractivity contribution is -0.122. The molecular weight excluding hydrogens is 580 g/mol. The van der Waals surface area contributed by atoms with Crippen molar-refractivity contribution in [3.05, 3.63) is 91.9 Å². The molecule has 1 heterocycles. The minimum Gasteiger partial charge on any atom is -0.493 e. The summed E-state index contributed by atoms with van der Waals surface area (Å²) in [6, 6.07) is 17.2. The number of rotatable bonds is 6. The summed E-state index contributed by atoms with van der Waals surface area (Å²) in [5, 5.41) is 2.23. The minimum absolute atomic E-state index is 0.177. The predicted octanol–water partition coefficient (Wildman–Crippen LogP) is 5.77. The van der Waals surface area contributed by atoms with E-state index in [2.05, 4.69) is 37.2 Å². The Labute approximate surface area is 219 Å². The molecule has 1 N–H and O–H groups in total. The minimum atomic E-state index is -0.793. The van der Waals surface area contributed by atoms with Gasteiger partial charge in [0.05, 0.1) is 17.3 Å². The molecule has 0 atom stereocenters. The second kappa shape index (κ2) is 10.5. The van der Waals surface area contributed by atoms with Crippen LogP contribution in [0.25, 0.3) is 6.08 Å². The Balaban J connectivity index is 1.64. The Kier molecular flexibility index (Phi) is 7.37. The van der Waals surface area contributed by atoms with Crippen molar-refractivity contribution in [2.24, 2.45) is 0 Å². The van der Waals surface area contributed by atoms with Crippen LogP contribution in [0.3, 0.4) is 0 Å². The summed E-state index contributed by atoms with van der Waals surface area (Å²) in [7, 11) is 1.50. The van der Waals surface area contributed by atoms with Gasteiger partial charge in [-0.1, -0.05) is 40.2 Å². The molecule has 0 radical (unpaired) electrons. The Morgan fingerprint density at radius 2 is 1.74 bits per heavy atom. The maximum atomic E-state index is 13.2. The van der Waals surface area contributed by atoms with E-state index in [0.29, 0.717) is 33.8 Å². The van der Waals surface area contributed by atoms with Crippen molar-refractivity contribution >= 4 is 61.5 Å². The first-order chi connectivity index (χ1) is 16.8. The van der Waals surface area contributed by atoms with Crippen LogP contribution in [-0.2, 0) is 16.2 Å². The van der Waals surface area contributed by atoms with E-state index in [1.807, 2.05) is 37.3 Å². The zero-order chi connectivity index (χ0) is 25.1. The number of aryl methyl sites for hydroxylation is 1. The number of hydrogen-bond acceptors (Lipinski definition) is 5. The number of nitrogens with zero attached hydrogens (tertiary/aromatic N) is 1. The normalized spacial score (nSPS) is 14.8. The van der Waals surface area contributed by atoms with E-state index >= 15 is 0 Å². The zero-order valence-corrected chi connectivity index (χ0v) is 22.0. The van der Waals surface area contributed by atoms with Crippen molar-refractivity contribution in [3.63, 3.8) is 0 Å². The monoisotopic (exact) mass is 598 g/mol. The van der Waals surface area contributed by atoms with Gasteiger partial charge >= 0.3 is 6.03 Å². The molecule has 1 aliphatic heterocycles. The molecule has 178 valence electrons. The largest absolute Gasteiger partial charge is 0.493 e. The average Bonchev–Trinajstić information content (AvgIpc) is 2.82. The fourth-order valence-electron chi connectivity index (χ4n) is 3.52. The van der Waals surface area contributed by atoms with E-state index in [1.165, 1.54) is 13.2 Å². The molecule has 1 aliphatic rings. The highest BCUT2D eigenvalue weighted by Crippen LogP contribution is 2.38. The number of hydrogen-bond donors (Lipinski definition) is 1. The second-order valence-electron chi connectivity index (χ2n) is 7.75. The molecule has 0 aliphatic carbocycles. The van der Waals surface area contributed by atoms with Crippen molar-refractivity contribution in [1.29, 1.82) is 0 Å². The van der Waals surface area contributed by atoms with E-state index in [0.717, 1.165) is 20.5 Å². The first-order valence-electron chi connectivity index (χ1n) is 10.5. The summed E-state index contributed by atoms with van der Waals surface area (Å²) in [6.45, 7) is 2.17. The molecule has 4 amide bonds. The number of carbonyl (C=O) groups excluding carboxylic acids is 3. The summed E-state index contributed by atoms with van der Waals surface area (Å²) in [5.74, 6) is -0.586. The van der Waals surface area contributed by atoms with E-state index in [9.17, 15) is 14.4 Å². The molecule has 9 heteroatoms. The van der Waals surface area contributed by atoms with Crippen LogP contribution in [0.2, 0.25) is 0 Å². The number of urea groups is 1. The van der Waals surface area contributed by atoms with Crippen LogP contribution in [0.15, 0.2) is 75.2 Å². The molecule has 3 aromatic carbocycles. The van der Waals surface area contributed by atoms with Crippen molar-refractivity contribution in [2.45, 2.75) is 13.5 Å². The van der Waals surface area contributed by atoms with Crippen LogP contribution in [0.4, 0.5) is 10.5 Å². The fourth-order valence-corrected chi connectivity index (χ4v) is 4.36. The number of ether oxygens (including phenoxy) is 2. The van der Waals surface area contributed by atoms with Crippen molar-refractivity contribution in [1.82, 2.24) is 5.32 Å². The van der Waals surface area contributed by atoms with E-state index in [4.69, 9.17) is 9.47 Å². The van der Waals surface area contributed by atoms with Crippen molar-refractivity contribution < 1.29 is 23.9 Å². The SMILES string of the molecule is COc1cc(/C=C2\C(=O)NC(=O)N(c3cccc(C)c3)C2=O)cc(Br)c1OCc1ccc(Br)cc1. The molecule has 4 rings (SSSR count). The van der Waals surface area contributed by atoms with Crippen LogP contribution >= 0.6 is 31.9 Å². The highest BCUT2D eigenvalue weighted by molar-refractivity contribution is 9.10. The van der Waals surface area contributed by atoms with Crippen LogP contribution in [0.5, 0.6) is 11.5 Å². The number of barbiturate groups is 1. The molecule has 1 saturated heterocycles. The van der Waals surface area contributed by atoms with Gasteiger partial charge in [0.2, 0.25) is 0 Å². The highest BCUT2D eigenvalue weighted by atomic mass is 79.9. The third-order valence-electron chi connectivity index (χ3n) is 5.22. The number of imide groups is 2. The standard InChI is InChI=1S/C26H20Br2N2O5/c1-15-4-3-5-19(10-15)30-25(32)20(24(31)29-26(30)33)11-17-12-21(28)23(22(13-17)34-2)35-14-16-6-8-18(27)9-7-16/h3-13H,14H2,1-2H3,(H,29,31,33)/b20-11+. The fraction of sp³-hybridized carbons (Fsp3) is 0.115. The Morgan fingerprint density at radius 1 is 1.00 bits per heavy atom. The lowest BCUT2D eigenvalue weighted by atomic mass is 10.1. The molecule has 35 heavy (non-hydrogen) atoms. The Morgan fingerprint density at radius 3 is 2.43 bits per heavy atom. The third kappa shape index (κ3) is 5.47. The topological polar surface area (TPSA) is 84.9 Å². The second-order valence-corrected chi connectivity index (χ2v) is 9.52. The molecule has 0 spiro atoms. The molecule has 0 bridgehead atoms. The lowest BCUT2D eigenvalue weighted by Crippen LogP contribution is -2.54. The van der Waals surface area contributed by atoms with Crippen LogP contribution < -0.4 is 19.7 Å². The van der Waals surface area contributed by atoms with Gasteiger partial charge in [-0.2, -0.15) is 0 Å². The number of amides is 4. The smallest absolute Gasteiger partial charge is 0.335 e. The summed E-state index contributed by atoms with van der Waals surface area (Å²) in [4.78, 5) is 39.1. The molecular formula is C26H20Br2N2O5. The van der Waals surface area contributed by atoms with Gasteiger partial charge in [-0.25, -0.2) is 9.69 Å². The first-order valence-corrected chi connectivity index (χ1v) is 12.1. The molecule has 7 nitrogen and oxygen atoms in total. The number of carbonyl (C=O) groups is 3. The summed E-state index contributed by atoms with van der Waals surface area (Å²) < 4.78 is 13.0. The zero-order valence-electron chi connectivity index (χ0n) is 18.8. The van der Waals surface area contributed by atoms with Crippen LogP contribution in [-0.4, -0.2) is 25.0 Å². The van der Waals surface area contributed by atoms with Gasteiger partial charge in [-0.05, 0) is 82.0 Å².